The zero-order valence-corrected chi connectivity index (χ0v) is 13.9. The molecule has 1 N–H and O–H groups in total. The van der Waals surface area contributed by atoms with E-state index in [1.165, 1.54) is 6.26 Å². The number of ether oxygens (including phenoxy) is 1. The quantitative estimate of drug-likeness (QED) is 0.599. The third kappa shape index (κ3) is 2.83. The lowest BCUT2D eigenvalue weighted by Gasteiger charge is -2.20. The van der Waals surface area contributed by atoms with Gasteiger partial charge >= 0.3 is 12.0 Å². The first-order chi connectivity index (χ1) is 12.5. The van der Waals surface area contributed by atoms with Crippen molar-refractivity contribution in [1.29, 1.82) is 0 Å². The van der Waals surface area contributed by atoms with Crippen LogP contribution in [0.1, 0.15) is 25.7 Å². The van der Waals surface area contributed by atoms with E-state index in [2.05, 4.69) is 15.5 Å². The molecule has 3 amide bonds. The second-order valence-corrected chi connectivity index (χ2v) is 6.44. The number of carbonyl (C=O) groups is 3. The number of hydrogen-bond donors (Lipinski definition) is 1. The molecule has 2 aromatic rings. The number of urea groups is 1. The fourth-order valence-corrected chi connectivity index (χ4v) is 2.93. The van der Waals surface area contributed by atoms with Crippen LogP contribution in [0.2, 0.25) is 0 Å². The number of rotatable bonds is 6. The molecular weight excluding hydrogens is 344 g/mol. The number of nitrogens with zero attached hydrogens (tertiary/aromatic N) is 3. The Morgan fingerprint density at radius 1 is 1.42 bits per heavy atom. The van der Waals surface area contributed by atoms with E-state index in [4.69, 9.17) is 13.6 Å². The van der Waals surface area contributed by atoms with Crippen molar-refractivity contribution in [3.8, 4) is 11.7 Å². The van der Waals surface area contributed by atoms with Gasteiger partial charge in [0.15, 0.2) is 12.4 Å². The maximum absolute atomic E-state index is 12.4. The summed E-state index contributed by atoms with van der Waals surface area (Å²) in [5.74, 6) is -0.390. The molecule has 2 aliphatic rings. The topological polar surface area (TPSA) is 128 Å². The van der Waals surface area contributed by atoms with E-state index in [0.29, 0.717) is 5.76 Å². The van der Waals surface area contributed by atoms with E-state index < -0.39 is 30.0 Å². The van der Waals surface area contributed by atoms with Crippen molar-refractivity contribution in [1.82, 2.24) is 20.4 Å². The SMILES string of the molecule is C[C@@]1(C2CC2)NC(=O)N(CC(=O)OCc2nnc(-c3ccco3)o2)C1=O. The number of carbonyl (C=O) groups excluding carboxylic acids is 3. The highest BCUT2D eigenvalue weighted by molar-refractivity contribution is 6.08. The lowest BCUT2D eigenvalue weighted by Crippen LogP contribution is -2.46. The number of imide groups is 1. The predicted octanol–water partition coefficient (Wildman–Crippen LogP) is 1.09. The van der Waals surface area contributed by atoms with Crippen LogP contribution in [0.4, 0.5) is 4.79 Å². The maximum Gasteiger partial charge on any atom is 0.326 e. The molecule has 1 saturated heterocycles. The highest BCUT2D eigenvalue weighted by Crippen LogP contribution is 2.42. The summed E-state index contributed by atoms with van der Waals surface area (Å²) in [5, 5.41) is 10.2. The Balaban J connectivity index is 1.33. The van der Waals surface area contributed by atoms with Crippen molar-refractivity contribution in [2.24, 2.45) is 5.92 Å². The minimum atomic E-state index is -0.929. The molecule has 0 aromatic carbocycles. The highest BCUT2D eigenvalue weighted by atomic mass is 16.5. The Morgan fingerprint density at radius 2 is 2.23 bits per heavy atom. The van der Waals surface area contributed by atoms with Crippen LogP contribution in [0.5, 0.6) is 0 Å². The first-order valence-electron chi connectivity index (χ1n) is 8.13. The maximum atomic E-state index is 12.4. The van der Waals surface area contributed by atoms with E-state index in [0.717, 1.165) is 17.7 Å². The van der Waals surface area contributed by atoms with Gasteiger partial charge in [-0.3, -0.25) is 14.5 Å². The van der Waals surface area contributed by atoms with E-state index >= 15 is 0 Å². The van der Waals surface area contributed by atoms with Crippen LogP contribution in [0.15, 0.2) is 27.2 Å². The van der Waals surface area contributed by atoms with Gasteiger partial charge in [0.1, 0.15) is 12.1 Å². The molecule has 2 fully saturated rings. The Hall–Kier alpha value is -3.17. The van der Waals surface area contributed by atoms with Crippen LogP contribution in [0.3, 0.4) is 0 Å². The molecule has 1 atom stereocenters. The Morgan fingerprint density at radius 3 is 2.92 bits per heavy atom. The number of esters is 1. The molecule has 1 saturated carbocycles. The largest absolute Gasteiger partial charge is 0.459 e. The normalized spacial score (nSPS) is 22.6. The number of hydrogen-bond acceptors (Lipinski definition) is 8. The van der Waals surface area contributed by atoms with Crippen LogP contribution < -0.4 is 5.32 Å². The van der Waals surface area contributed by atoms with E-state index in [1.54, 1.807) is 19.1 Å². The Bertz CT molecular complexity index is 856. The molecule has 10 nitrogen and oxygen atoms in total. The molecular formula is C16H16N4O6. The summed E-state index contributed by atoms with van der Waals surface area (Å²) in [6.45, 7) is 0.951. The fraction of sp³-hybridized carbons (Fsp3) is 0.438. The van der Waals surface area contributed by atoms with Crippen LogP contribution in [0.25, 0.3) is 11.7 Å². The van der Waals surface area contributed by atoms with Crippen molar-refractivity contribution in [3.05, 3.63) is 24.3 Å². The van der Waals surface area contributed by atoms with Crippen molar-refractivity contribution in [3.63, 3.8) is 0 Å². The van der Waals surface area contributed by atoms with Crippen LogP contribution >= 0.6 is 0 Å². The van der Waals surface area contributed by atoms with Gasteiger partial charge < -0.3 is 18.9 Å². The smallest absolute Gasteiger partial charge is 0.326 e. The molecule has 1 aliphatic carbocycles. The van der Waals surface area contributed by atoms with Gasteiger partial charge in [-0.15, -0.1) is 10.2 Å². The first-order valence-corrected chi connectivity index (χ1v) is 8.13. The summed E-state index contributed by atoms with van der Waals surface area (Å²) in [4.78, 5) is 37.3. The van der Waals surface area contributed by atoms with Crippen LogP contribution in [-0.4, -0.2) is 45.1 Å². The van der Waals surface area contributed by atoms with Crippen molar-refractivity contribution in [2.75, 3.05) is 6.54 Å². The molecule has 3 heterocycles. The van der Waals surface area contributed by atoms with E-state index in [-0.39, 0.29) is 24.3 Å². The molecule has 26 heavy (non-hydrogen) atoms. The van der Waals surface area contributed by atoms with Crippen molar-refractivity contribution < 1.29 is 28.0 Å². The van der Waals surface area contributed by atoms with E-state index in [9.17, 15) is 14.4 Å². The van der Waals surface area contributed by atoms with Gasteiger partial charge in [0.05, 0.1) is 6.26 Å². The molecule has 2 aromatic heterocycles. The van der Waals surface area contributed by atoms with Gasteiger partial charge in [0, 0.05) is 0 Å². The number of amides is 3. The molecule has 10 heteroatoms. The monoisotopic (exact) mass is 360 g/mol. The third-order valence-electron chi connectivity index (χ3n) is 4.54. The summed E-state index contributed by atoms with van der Waals surface area (Å²) in [5.41, 5.74) is -0.929. The molecule has 136 valence electrons. The average molecular weight is 360 g/mol. The summed E-state index contributed by atoms with van der Waals surface area (Å²) >= 11 is 0. The predicted molar refractivity (Wildman–Crippen MR) is 83.2 cm³/mol. The Kier molecular flexibility index (Phi) is 3.74. The van der Waals surface area contributed by atoms with Gasteiger partial charge in [-0.2, -0.15) is 0 Å². The molecule has 0 radical (unpaired) electrons. The van der Waals surface area contributed by atoms with Gasteiger partial charge in [-0.1, -0.05) is 0 Å². The molecule has 0 bridgehead atoms. The third-order valence-corrected chi connectivity index (χ3v) is 4.54. The standard InChI is InChI=1S/C16H16N4O6/c1-16(9-4-5-9)14(22)20(15(23)17-16)7-12(21)25-8-11-18-19-13(26-11)10-3-2-6-24-10/h2-3,6,9H,4-5,7-8H2,1H3,(H,17,23)/t16-/m0/s1. The number of nitrogens with one attached hydrogen (secondary N) is 1. The van der Waals surface area contributed by atoms with Gasteiger partial charge in [-0.05, 0) is 37.8 Å². The first kappa shape index (κ1) is 16.3. The molecule has 0 spiro atoms. The summed E-state index contributed by atoms with van der Waals surface area (Å²) in [6, 6.07) is 2.74. The lowest BCUT2D eigenvalue weighted by molar-refractivity contribution is -0.149. The minimum absolute atomic E-state index is 0.0739. The zero-order chi connectivity index (χ0) is 18.3. The average Bonchev–Trinajstić information content (AvgIpc) is 3.06. The van der Waals surface area contributed by atoms with Gasteiger partial charge in [0.25, 0.3) is 17.7 Å². The molecule has 1 aliphatic heterocycles. The van der Waals surface area contributed by atoms with Crippen LogP contribution in [-0.2, 0) is 20.9 Å². The van der Waals surface area contributed by atoms with Gasteiger partial charge in [-0.25, -0.2) is 4.79 Å². The number of furan rings is 1. The molecule has 4 rings (SSSR count). The number of aromatic nitrogens is 2. The molecule has 0 unspecified atom stereocenters. The van der Waals surface area contributed by atoms with E-state index in [1.807, 2.05) is 0 Å². The second kappa shape index (κ2) is 5.97. The van der Waals surface area contributed by atoms with Crippen molar-refractivity contribution in [2.45, 2.75) is 31.9 Å². The summed E-state index contributed by atoms with van der Waals surface area (Å²) in [6.07, 6.45) is 3.23. The summed E-state index contributed by atoms with van der Waals surface area (Å²) in [7, 11) is 0. The zero-order valence-electron chi connectivity index (χ0n) is 13.9. The second-order valence-electron chi connectivity index (χ2n) is 6.44. The van der Waals surface area contributed by atoms with Crippen LogP contribution in [0, 0.1) is 5.92 Å². The minimum Gasteiger partial charge on any atom is -0.459 e. The summed E-state index contributed by atoms with van der Waals surface area (Å²) < 4.78 is 15.5. The van der Waals surface area contributed by atoms with Crippen molar-refractivity contribution >= 4 is 17.9 Å². The fourth-order valence-electron chi connectivity index (χ4n) is 2.93. The Labute approximate surface area is 147 Å². The highest BCUT2D eigenvalue weighted by Gasteiger charge is 2.56. The lowest BCUT2D eigenvalue weighted by atomic mass is 9.96. The van der Waals surface area contributed by atoms with Gasteiger partial charge in [0.2, 0.25) is 0 Å².